The van der Waals surface area contributed by atoms with Crippen LogP contribution in [0.3, 0.4) is 0 Å². The minimum atomic E-state index is 0.681. The van der Waals surface area contributed by atoms with Gasteiger partial charge in [-0.25, -0.2) is 0 Å². The second-order valence-corrected chi connectivity index (χ2v) is 3.90. The fraction of sp³-hybridized carbons (Fsp3) is 0.818. The summed E-state index contributed by atoms with van der Waals surface area (Å²) in [6.45, 7) is 15.4. The van der Waals surface area contributed by atoms with Gasteiger partial charge in [-0.05, 0) is 24.2 Å². The number of hydrogen-bond donors (Lipinski definition) is 0. The summed E-state index contributed by atoms with van der Waals surface area (Å²) >= 11 is 0. The Kier molecular flexibility index (Phi) is 4.48. The molecule has 0 aliphatic heterocycles. The quantitative estimate of drug-likeness (QED) is 0.539. The summed E-state index contributed by atoms with van der Waals surface area (Å²) in [6, 6.07) is 0. The molecule has 0 saturated heterocycles. The maximum absolute atomic E-state index is 4.08. The van der Waals surface area contributed by atoms with Crippen molar-refractivity contribution in [2.75, 3.05) is 0 Å². The second-order valence-electron chi connectivity index (χ2n) is 3.90. The molecule has 0 radical (unpaired) electrons. The maximum Gasteiger partial charge on any atom is -0.0206 e. The van der Waals surface area contributed by atoms with Gasteiger partial charge in [-0.1, -0.05) is 46.8 Å². The van der Waals surface area contributed by atoms with Gasteiger partial charge < -0.3 is 0 Å². The molecule has 0 saturated carbocycles. The van der Waals surface area contributed by atoms with Crippen LogP contribution in [0.25, 0.3) is 0 Å². The van der Waals surface area contributed by atoms with Gasteiger partial charge in [-0.3, -0.25) is 0 Å². The topological polar surface area (TPSA) is 0 Å². The Morgan fingerprint density at radius 3 is 1.91 bits per heavy atom. The summed E-state index contributed by atoms with van der Waals surface area (Å²) in [7, 11) is 0. The first-order valence-electron chi connectivity index (χ1n) is 4.68. The average Bonchev–Trinajstić information content (AvgIpc) is 2.00. The van der Waals surface area contributed by atoms with Crippen LogP contribution in [0.2, 0.25) is 0 Å². The van der Waals surface area contributed by atoms with Crippen molar-refractivity contribution in [3.05, 3.63) is 12.2 Å². The van der Waals surface area contributed by atoms with Crippen LogP contribution >= 0.6 is 0 Å². The van der Waals surface area contributed by atoms with Crippen LogP contribution in [0.1, 0.15) is 41.0 Å². The van der Waals surface area contributed by atoms with Gasteiger partial charge in [-0.2, -0.15) is 0 Å². The highest BCUT2D eigenvalue weighted by atomic mass is 14.2. The Morgan fingerprint density at radius 2 is 1.64 bits per heavy atom. The van der Waals surface area contributed by atoms with Crippen LogP contribution in [-0.2, 0) is 0 Å². The van der Waals surface area contributed by atoms with Crippen molar-refractivity contribution < 1.29 is 0 Å². The Morgan fingerprint density at radius 1 is 1.18 bits per heavy atom. The van der Waals surface area contributed by atoms with Crippen LogP contribution in [-0.4, -0.2) is 0 Å². The summed E-state index contributed by atoms with van der Waals surface area (Å²) < 4.78 is 0. The fourth-order valence-corrected chi connectivity index (χ4v) is 1.27. The maximum atomic E-state index is 4.08. The Balaban J connectivity index is 4.01. The minimum Gasteiger partial charge on any atom is -0.0996 e. The van der Waals surface area contributed by atoms with E-state index in [0.717, 1.165) is 18.3 Å². The third-order valence-electron chi connectivity index (χ3n) is 2.94. The third-order valence-corrected chi connectivity index (χ3v) is 2.94. The van der Waals surface area contributed by atoms with Crippen LogP contribution in [0.4, 0.5) is 0 Å². The van der Waals surface area contributed by atoms with Crippen molar-refractivity contribution in [2.45, 2.75) is 41.0 Å². The molecule has 0 spiro atoms. The molecule has 0 aromatic carbocycles. The van der Waals surface area contributed by atoms with E-state index in [1.165, 1.54) is 5.57 Å². The Labute approximate surface area is 71.7 Å². The molecular formula is C11H22. The van der Waals surface area contributed by atoms with Gasteiger partial charge in [-0.15, -0.1) is 0 Å². The lowest BCUT2D eigenvalue weighted by Crippen LogP contribution is -2.15. The van der Waals surface area contributed by atoms with Crippen LogP contribution < -0.4 is 0 Å². The molecule has 0 fully saturated rings. The highest BCUT2D eigenvalue weighted by Crippen LogP contribution is 2.26. The smallest absolute Gasteiger partial charge is 0.0206 e. The molecule has 0 aromatic heterocycles. The molecule has 11 heavy (non-hydrogen) atoms. The van der Waals surface area contributed by atoms with E-state index in [0.29, 0.717) is 5.92 Å². The van der Waals surface area contributed by atoms with Gasteiger partial charge in [0.1, 0.15) is 0 Å². The average molecular weight is 154 g/mol. The number of allylic oxidation sites excluding steroid dienone is 1. The zero-order chi connectivity index (χ0) is 9.02. The predicted molar refractivity (Wildman–Crippen MR) is 52.6 cm³/mol. The van der Waals surface area contributed by atoms with E-state index in [-0.39, 0.29) is 0 Å². The van der Waals surface area contributed by atoms with E-state index in [1.807, 2.05) is 0 Å². The third kappa shape index (κ3) is 3.09. The molecule has 0 bridgehead atoms. The second kappa shape index (κ2) is 4.58. The molecule has 0 heteroatoms. The van der Waals surface area contributed by atoms with E-state index >= 15 is 0 Å². The zero-order valence-electron chi connectivity index (χ0n) is 8.65. The molecular weight excluding hydrogens is 132 g/mol. The van der Waals surface area contributed by atoms with Crippen molar-refractivity contribution in [2.24, 2.45) is 17.8 Å². The van der Waals surface area contributed by atoms with Crippen molar-refractivity contribution in [3.8, 4) is 0 Å². The highest BCUT2D eigenvalue weighted by molar-refractivity contribution is 4.99. The van der Waals surface area contributed by atoms with Gasteiger partial charge in [0.05, 0.1) is 0 Å². The molecule has 0 heterocycles. The molecule has 66 valence electrons. The monoisotopic (exact) mass is 154 g/mol. The summed E-state index contributed by atoms with van der Waals surface area (Å²) in [4.78, 5) is 0. The van der Waals surface area contributed by atoms with E-state index in [4.69, 9.17) is 0 Å². The molecule has 0 nitrogen and oxygen atoms in total. The SMILES string of the molecule is C=C(CC)C(C)C(C)C(C)C. The molecule has 0 N–H and O–H groups in total. The van der Waals surface area contributed by atoms with Gasteiger partial charge in [0.2, 0.25) is 0 Å². The van der Waals surface area contributed by atoms with Crippen molar-refractivity contribution in [1.82, 2.24) is 0 Å². The first kappa shape index (κ1) is 10.7. The summed E-state index contributed by atoms with van der Waals surface area (Å²) in [5.41, 5.74) is 1.39. The lowest BCUT2D eigenvalue weighted by Gasteiger charge is -2.24. The molecule has 0 rings (SSSR count). The Bertz CT molecular complexity index is 122. The molecule has 2 atom stereocenters. The van der Waals surface area contributed by atoms with Crippen LogP contribution in [0.15, 0.2) is 12.2 Å². The first-order valence-corrected chi connectivity index (χ1v) is 4.68. The van der Waals surface area contributed by atoms with E-state index in [2.05, 4.69) is 41.2 Å². The van der Waals surface area contributed by atoms with Gasteiger partial charge in [0.15, 0.2) is 0 Å². The molecule has 0 aliphatic rings. The van der Waals surface area contributed by atoms with E-state index < -0.39 is 0 Å². The number of hydrogen-bond acceptors (Lipinski definition) is 0. The normalized spacial score (nSPS) is 16.5. The fourth-order valence-electron chi connectivity index (χ4n) is 1.27. The van der Waals surface area contributed by atoms with Crippen molar-refractivity contribution in [1.29, 1.82) is 0 Å². The Hall–Kier alpha value is -0.260. The molecule has 0 amide bonds. The lowest BCUT2D eigenvalue weighted by molar-refractivity contribution is 0.327. The van der Waals surface area contributed by atoms with Crippen LogP contribution in [0.5, 0.6) is 0 Å². The summed E-state index contributed by atoms with van der Waals surface area (Å²) in [5, 5.41) is 0. The first-order chi connectivity index (χ1) is 5.00. The largest absolute Gasteiger partial charge is 0.0996 e. The lowest BCUT2D eigenvalue weighted by atomic mass is 9.81. The van der Waals surface area contributed by atoms with Crippen molar-refractivity contribution >= 4 is 0 Å². The highest BCUT2D eigenvalue weighted by Gasteiger charge is 2.16. The van der Waals surface area contributed by atoms with E-state index in [9.17, 15) is 0 Å². The summed E-state index contributed by atoms with van der Waals surface area (Å²) in [5.74, 6) is 2.22. The van der Waals surface area contributed by atoms with Gasteiger partial charge in [0, 0.05) is 0 Å². The van der Waals surface area contributed by atoms with Crippen molar-refractivity contribution in [3.63, 3.8) is 0 Å². The van der Waals surface area contributed by atoms with Gasteiger partial charge in [0.25, 0.3) is 0 Å². The minimum absolute atomic E-state index is 0.681. The molecule has 2 unspecified atom stereocenters. The van der Waals surface area contributed by atoms with Gasteiger partial charge >= 0.3 is 0 Å². The van der Waals surface area contributed by atoms with E-state index in [1.54, 1.807) is 0 Å². The number of rotatable bonds is 4. The predicted octanol–water partition coefficient (Wildman–Crippen LogP) is 3.88. The summed E-state index contributed by atoms with van der Waals surface area (Å²) in [6.07, 6.45) is 1.12. The molecule has 0 aliphatic carbocycles. The molecule has 0 aromatic rings. The standard InChI is InChI=1S/C11H22/c1-7-9(4)11(6)10(5)8(2)3/h8,10-11H,4,7H2,1-3,5-6H3. The zero-order valence-corrected chi connectivity index (χ0v) is 8.65. The van der Waals surface area contributed by atoms with Crippen LogP contribution in [0, 0.1) is 17.8 Å².